The zero-order chi connectivity index (χ0) is 18.7. The van der Waals surface area contributed by atoms with Crippen molar-refractivity contribution in [3.05, 3.63) is 81.8 Å². The number of ether oxygens (including phenoxy) is 1. The molecule has 0 spiro atoms. The van der Waals surface area contributed by atoms with Gasteiger partial charge in [-0.25, -0.2) is 0 Å². The van der Waals surface area contributed by atoms with Crippen molar-refractivity contribution < 1.29 is 13.9 Å². The molecule has 3 rings (SSSR count). The predicted molar refractivity (Wildman–Crippen MR) is 103 cm³/mol. The number of rotatable bonds is 5. The van der Waals surface area contributed by atoms with Gasteiger partial charge < -0.3 is 14.5 Å². The number of hydrogen-bond donors (Lipinski definition) is 1. The summed E-state index contributed by atoms with van der Waals surface area (Å²) < 4.78 is 11.4. The Morgan fingerprint density at radius 1 is 1.08 bits per heavy atom. The Labute approximate surface area is 157 Å². The number of benzene rings is 2. The van der Waals surface area contributed by atoms with Gasteiger partial charge in [0.25, 0.3) is 5.91 Å². The number of aryl methyl sites for hydroxylation is 2. The van der Waals surface area contributed by atoms with Gasteiger partial charge in [-0.1, -0.05) is 23.7 Å². The number of hydrogen-bond acceptors (Lipinski definition) is 3. The molecule has 134 valence electrons. The second-order valence-corrected chi connectivity index (χ2v) is 6.65. The first-order valence-electron chi connectivity index (χ1n) is 8.28. The van der Waals surface area contributed by atoms with Gasteiger partial charge in [0, 0.05) is 10.7 Å². The van der Waals surface area contributed by atoms with Crippen molar-refractivity contribution in [3.8, 4) is 5.75 Å². The van der Waals surface area contributed by atoms with Gasteiger partial charge in [-0.2, -0.15) is 0 Å². The van der Waals surface area contributed by atoms with Crippen LogP contribution in [0.25, 0.3) is 0 Å². The van der Waals surface area contributed by atoms with Crippen molar-refractivity contribution in [3.63, 3.8) is 0 Å². The first-order valence-corrected chi connectivity index (χ1v) is 8.66. The minimum atomic E-state index is -0.326. The second-order valence-electron chi connectivity index (χ2n) is 6.24. The van der Waals surface area contributed by atoms with Crippen molar-refractivity contribution in [2.45, 2.75) is 27.4 Å². The first-order chi connectivity index (χ1) is 12.4. The molecule has 0 aliphatic carbocycles. The SMILES string of the molecule is Cc1cc(C)cc(OCc2ccc(C(=O)Nc3cccc(Cl)c3C)o2)c1. The molecule has 0 aliphatic rings. The maximum Gasteiger partial charge on any atom is 0.291 e. The molecule has 26 heavy (non-hydrogen) atoms. The van der Waals surface area contributed by atoms with E-state index in [1.54, 1.807) is 30.3 Å². The van der Waals surface area contributed by atoms with Crippen LogP contribution in [0.2, 0.25) is 5.02 Å². The van der Waals surface area contributed by atoms with Gasteiger partial charge in [0.2, 0.25) is 0 Å². The third kappa shape index (κ3) is 4.27. The zero-order valence-electron chi connectivity index (χ0n) is 14.9. The van der Waals surface area contributed by atoms with Gasteiger partial charge in [-0.3, -0.25) is 4.79 Å². The lowest BCUT2D eigenvalue weighted by atomic mass is 10.1. The summed E-state index contributed by atoms with van der Waals surface area (Å²) in [6, 6.07) is 14.7. The van der Waals surface area contributed by atoms with Crippen molar-refractivity contribution in [1.82, 2.24) is 0 Å². The number of carbonyl (C=O) groups excluding carboxylic acids is 1. The Hall–Kier alpha value is -2.72. The molecule has 4 nitrogen and oxygen atoms in total. The van der Waals surface area contributed by atoms with Crippen LogP contribution in [0.3, 0.4) is 0 Å². The Morgan fingerprint density at radius 3 is 2.54 bits per heavy atom. The molecule has 0 saturated heterocycles. The first kappa shape index (κ1) is 18.1. The lowest BCUT2D eigenvalue weighted by Crippen LogP contribution is -2.12. The summed E-state index contributed by atoms with van der Waals surface area (Å²) in [7, 11) is 0. The number of furan rings is 1. The Morgan fingerprint density at radius 2 is 1.81 bits per heavy atom. The quantitative estimate of drug-likeness (QED) is 0.628. The van der Waals surface area contributed by atoms with E-state index in [1.807, 2.05) is 32.9 Å². The molecule has 1 aromatic heterocycles. The van der Waals surface area contributed by atoms with Crippen LogP contribution in [0, 0.1) is 20.8 Å². The lowest BCUT2D eigenvalue weighted by Gasteiger charge is -2.08. The molecular formula is C21H20ClNO3. The van der Waals surface area contributed by atoms with Gasteiger partial charge in [0.05, 0.1) is 0 Å². The third-order valence-electron chi connectivity index (χ3n) is 3.98. The van der Waals surface area contributed by atoms with E-state index in [0.717, 1.165) is 22.4 Å². The molecule has 0 saturated carbocycles. The summed E-state index contributed by atoms with van der Waals surface area (Å²) in [5, 5.41) is 3.41. The molecule has 0 fully saturated rings. The van der Waals surface area contributed by atoms with Crippen LogP contribution in [-0.4, -0.2) is 5.91 Å². The molecule has 3 aromatic rings. The Bertz CT molecular complexity index is 926. The van der Waals surface area contributed by atoms with E-state index < -0.39 is 0 Å². The lowest BCUT2D eigenvalue weighted by molar-refractivity contribution is 0.0992. The van der Waals surface area contributed by atoms with E-state index in [0.29, 0.717) is 16.5 Å². The van der Waals surface area contributed by atoms with Gasteiger partial charge in [-0.05, 0) is 73.9 Å². The number of nitrogens with one attached hydrogen (secondary N) is 1. The highest BCUT2D eigenvalue weighted by atomic mass is 35.5. The van der Waals surface area contributed by atoms with E-state index in [-0.39, 0.29) is 18.3 Å². The smallest absolute Gasteiger partial charge is 0.291 e. The molecular weight excluding hydrogens is 350 g/mol. The molecule has 0 aliphatic heterocycles. The molecule has 0 atom stereocenters. The van der Waals surface area contributed by atoms with Crippen LogP contribution in [0.4, 0.5) is 5.69 Å². The van der Waals surface area contributed by atoms with E-state index in [2.05, 4.69) is 11.4 Å². The monoisotopic (exact) mass is 369 g/mol. The van der Waals surface area contributed by atoms with Crippen LogP contribution in [0.15, 0.2) is 52.9 Å². The molecule has 0 bridgehead atoms. The van der Waals surface area contributed by atoms with Crippen LogP contribution in [0.5, 0.6) is 5.75 Å². The second kappa shape index (κ2) is 7.67. The molecule has 1 N–H and O–H groups in total. The fourth-order valence-corrected chi connectivity index (χ4v) is 2.85. The minimum absolute atomic E-state index is 0.225. The Balaban J connectivity index is 1.65. The van der Waals surface area contributed by atoms with Gasteiger partial charge >= 0.3 is 0 Å². The topological polar surface area (TPSA) is 51.5 Å². The summed E-state index contributed by atoms with van der Waals surface area (Å²) in [6.07, 6.45) is 0. The average molecular weight is 370 g/mol. The third-order valence-corrected chi connectivity index (χ3v) is 4.39. The molecule has 1 heterocycles. The summed E-state index contributed by atoms with van der Waals surface area (Å²) >= 11 is 6.08. The van der Waals surface area contributed by atoms with E-state index in [4.69, 9.17) is 20.8 Å². The minimum Gasteiger partial charge on any atom is -0.486 e. The molecule has 1 amide bonds. The van der Waals surface area contributed by atoms with Crippen molar-refractivity contribution >= 4 is 23.2 Å². The van der Waals surface area contributed by atoms with Gasteiger partial charge in [0.1, 0.15) is 18.1 Å². The van der Waals surface area contributed by atoms with Gasteiger partial charge in [-0.15, -0.1) is 0 Å². The van der Waals surface area contributed by atoms with Gasteiger partial charge in [0.15, 0.2) is 5.76 Å². The molecule has 0 unspecified atom stereocenters. The number of amides is 1. The highest BCUT2D eigenvalue weighted by molar-refractivity contribution is 6.31. The largest absolute Gasteiger partial charge is 0.486 e. The van der Waals surface area contributed by atoms with Crippen molar-refractivity contribution in [2.75, 3.05) is 5.32 Å². The molecule has 2 aromatic carbocycles. The Kier molecular flexibility index (Phi) is 5.33. The summed E-state index contributed by atoms with van der Waals surface area (Å²) in [4.78, 5) is 12.4. The van der Waals surface area contributed by atoms with Crippen LogP contribution >= 0.6 is 11.6 Å². The highest BCUT2D eigenvalue weighted by Crippen LogP contribution is 2.24. The van der Waals surface area contributed by atoms with Crippen LogP contribution in [0.1, 0.15) is 33.0 Å². The summed E-state index contributed by atoms with van der Waals surface area (Å²) in [6.45, 7) is 6.15. The maximum absolute atomic E-state index is 12.4. The van der Waals surface area contributed by atoms with E-state index in [9.17, 15) is 4.79 Å². The summed E-state index contributed by atoms with van der Waals surface area (Å²) in [5.41, 5.74) is 3.74. The standard InChI is InChI=1S/C21H20ClNO3/c1-13-9-14(2)11-17(10-13)25-12-16-7-8-20(26-16)21(24)23-19-6-4-5-18(22)15(19)3/h4-11H,12H2,1-3H3,(H,23,24). The zero-order valence-corrected chi connectivity index (χ0v) is 15.7. The molecule has 5 heteroatoms. The number of halogens is 1. The maximum atomic E-state index is 12.4. The van der Waals surface area contributed by atoms with Crippen LogP contribution in [-0.2, 0) is 6.61 Å². The van der Waals surface area contributed by atoms with Crippen molar-refractivity contribution in [1.29, 1.82) is 0 Å². The number of anilines is 1. The average Bonchev–Trinajstić information content (AvgIpc) is 3.05. The highest BCUT2D eigenvalue weighted by Gasteiger charge is 2.13. The predicted octanol–water partition coefficient (Wildman–Crippen LogP) is 5.69. The van der Waals surface area contributed by atoms with Crippen LogP contribution < -0.4 is 10.1 Å². The van der Waals surface area contributed by atoms with E-state index >= 15 is 0 Å². The van der Waals surface area contributed by atoms with Crippen molar-refractivity contribution in [2.24, 2.45) is 0 Å². The normalized spacial score (nSPS) is 10.6. The summed E-state index contributed by atoms with van der Waals surface area (Å²) in [5.74, 6) is 1.26. The number of carbonyl (C=O) groups is 1. The molecule has 0 radical (unpaired) electrons. The fourth-order valence-electron chi connectivity index (χ4n) is 2.68. The van der Waals surface area contributed by atoms with E-state index in [1.165, 1.54) is 0 Å². The fraction of sp³-hybridized carbons (Fsp3) is 0.190.